The summed E-state index contributed by atoms with van der Waals surface area (Å²) in [5.41, 5.74) is 0.932. The maximum Gasteiger partial charge on any atom is 0.129 e. The summed E-state index contributed by atoms with van der Waals surface area (Å²) in [5.74, 6) is 0.722. The van der Waals surface area contributed by atoms with Crippen molar-refractivity contribution in [2.45, 2.75) is 6.10 Å². The predicted octanol–water partition coefficient (Wildman–Crippen LogP) is 1.68. The van der Waals surface area contributed by atoms with Crippen molar-refractivity contribution in [1.82, 2.24) is 9.97 Å². The second kappa shape index (κ2) is 4.86. The summed E-state index contributed by atoms with van der Waals surface area (Å²) in [6.45, 7) is 0.452. The first kappa shape index (κ1) is 10.1. The summed E-state index contributed by atoms with van der Waals surface area (Å²) in [7, 11) is 0. The number of aromatic nitrogens is 2. The van der Waals surface area contributed by atoms with Gasteiger partial charge in [0, 0.05) is 12.7 Å². The standard InChI is InChI=1S/C10H11N3OS/c14-9(8-2-4-15-6-8)5-12-10-1-3-11-7-13-10/h1-4,6-7,9,14H,5H2,(H,11,12,13). The third-order valence-electron chi connectivity index (χ3n) is 1.99. The second-order valence-corrected chi connectivity index (χ2v) is 3.83. The highest BCUT2D eigenvalue weighted by Crippen LogP contribution is 2.16. The van der Waals surface area contributed by atoms with E-state index in [1.165, 1.54) is 6.33 Å². The molecule has 0 aliphatic heterocycles. The van der Waals surface area contributed by atoms with Gasteiger partial charge >= 0.3 is 0 Å². The average Bonchev–Trinajstić information content (AvgIpc) is 2.81. The predicted molar refractivity (Wildman–Crippen MR) is 59.8 cm³/mol. The van der Waals surface area contributed by atoms with Crippen LogP contribution in [0.3, 0.4) is 0 Å². The molecule has 0 bridgehead atoms. The highest BCUT2D eigenvalue weighted by atomic mass is 32.1. The summed E-state index contributed by atoms with van der Waals surface area (Å²) >= 11 is 1.58. The van der Waals surface area contributed by atoms with Gasteiger partial charge in [-0.15, -0.1) is 0 Å². The minimum atomic E-state index is -0.494. The van der Waals surface area contributed by atoms with Gasteiger partial charge in [0.25, 0.3) is 0 Å². The Bertz CT molecular complexity index is 390. The fraction of sp³-hybridized carbons (Fsp3) is 0.200. The van der Waals surface area contributed by atoms with Crippen LogP contribution in [0.4, 0.5) is 5.82 Å². The molecule has 0 spiro atoms. The number of anilines is 1. The lowest BCUT2D eigenvalue weighted by Gasteiger charge is -2.10. The van der Waals surface area contributed by atoms with Gasteiger partial charge in [0.15, 0.2) is 0 Å². The lowest BCUT2D eigenvalue weighted by Crippen LogP contribution is -2.12. The molecule has 0 aliphatic carbocycles. The molecule has 0 fully saturated rings. The molecule has 1 unspecified atom stereocenters. The summed E-state index contributed by atoms with van der Waals surface area (Å²) < 4.78 is 0. The van der Waals surface area contributed by atoms with Crippen LogP contribution in [0.25, 0.3) is 0 Å². The molecular formula is C10H11N3OS. The number of hydrogen-bond acceptors (Lipinski definition) is 5. The topological polar surface area (TPSA) is 58.0 Å². The molecule has 2 aromatic heterocycles. The van der Waals surface area contributed by atoms with Crippen molar-refractivity contribution in [3.8, 4) is 0 Å². The smallest absolute Gasteiger partial charge is 0.129 e. The third kappa shape index (κ3) is 2.74. The number of aliphatic hydroxyl groups excluding tert-OH is 1. The van der Waals surface area contributed by atoms with Gasteiger partial charge in [0.05, 0.1) is 6.10 Å². The highest BCUT2D eigenvalue weighted by molar-refractivity contribution is 7.07. The number of nitrogens with one attached hydrogen (secondary N) is 1. The Morgan fingerprint density at radius 1 is 1.47 bits per heavy atom. The molecular weight excluding hydrogens is 210 g/mol. The molecule has 5 heteroatoms. The van der Waals surface area contributed by atoms with Gasteiger partial charge in [-0.2, -0.15) is 11.3 Å². The van der Waals surface area contributed by atoms with E-state index in [1.807, 2.05) is 16.8 Å². The van der Waals surface area contributed by atoms with Crippen molar-refractivity contribution < 1.29 is 5.11 Å². The van der Waals surface area contributed by atoms with E-state index in [0.29, 0.717) is 6.54 Å². The summed E-state index contributed by atoms with van der Waals surface area (Å²) in [6.07, 6.45) is 2.64. The average molecular weight is 221 g/mol. The molecule has 0 amide bonds. The molecule has 78 valence electrons. The normalized spacial score (nSPS) is 12.3. The minimum Gasteiger partial charge on any atom is -0.387 e. The molecule has 2 rings (SSSR count). The third-order valence-corrected chi connectivity index (χ3v) is 2.69. The van der Waals surface area contributed by atoms with Crippen LogP contribution < -0.4 is 5.32 Å². The molecule has 2 heterocycles. The van der Waals surface area contributed by atoms with Crippen molar-refractivity contribution in [3.63, 3.8) is 0 Å². The summed E-state index contributed by atoms with van der Waals surface area (Å²) in [5, 5.41) is 16.7. The van der Waals surface area contributed by atoms with Gasteiger partial charge in [-0.05, 0) is 28.5 Å². The lowest BCUT2D eigenvalue weighted by atomic mass is 10.2. The first-order valence-corrected chi connectivity index (χ1v) is 5.50. The zero-order valence-electron chi connectivity index (χ0n) is 8.00. The second-order valence-electron chi connectivity index (χ2n) is 3.05. The lowest BCUT2D eigenvalue weighted by molar-refractivity contribution is 0.192. The molecule has 0 radical (unpaired) electrons. The Hall–Kier alpha value is -1.46. The van der Waals surface area contributed by atoms with Crippen LogP contribution in [0.5, 0.6) is 0 Å². The molecule has 0 saturated carbocycles. The first-order chi connectivity index (χ1) is 7.36. The Kier molecular flexibility index (Phi) is 3.26. The van der Waals surface area contributed by atoms with Crippen LogP contribution in [0.1, 0.15) is 11.7 Å². The molecule has 4 nitrogen and oxygen atoms in total. The van der Waals surface area contributed by atoms with Crippen molar-refractivity contribution in [2.75, 3.05) is 11.9 Å². The number of thiophene rings is 1. The minimum absolute atomic E-state index is 0.452. The van der Waals surface area contributed by atoms with Crippen molar-refractivity contribution in [3.05, 3.63) is 41.0 Å². The zero-order valence-corrected chi connectivity index (χ0v) is 8.81. The van der Waals surface area contributed by atoms with Crippen LogP contribution in [0.15, 0.2) is 35.4 Å². The largest absolute Gasteiger partial charge is 0.387 e. The van der Waals surface area contributed by atoms with E-state index in [1.54, 1.807) is 23.6 Å². The Balaban J connectivity index is 1.89. The first-order valence-electron chi connectivity index (χ1n) is 4.56. The molecule has 0 saturated heterocycles. The number of hydrogen-bond donors (Lipinski definition) is 2. The van der Waals surface area contributed by atoms with Crippen molar-refractivity contribution in [1.29, 1.82) is 0 Å². The van der Waals surface area contributed by atoms with Gasteiger partial charge in [0.2, 0.25) is 0 Å². The van der Waals surface area contributed by atoms with E-state index in [9.17, 15) is 5.11 Å². The molecule has 15 heavy (non-hydrogen) atoms. The molecule has 2 aromatic rings. The van der Waals surface area contributed by atoms with E-state index < -0.39 is 6.10 Å². The molecule has 2 N–H and O–H groups in total. The Morgan fingerprint density at radius 3 is 3.07 bits per heavy atom. The SMILES string of the molecule is OC(CNc1ccncn1)c1ccsc1. The quantitative estimate of drug-likeness (QED) is 0.824. The molecule has 0 aromatic carbocycles. The van der Waals surface area contributed by atoms with Gasteiger partial charge in [0.1, 0.15) is 12.1 Å². The molecule has 1 atom stereocenters. The molecule has 0 aliphatic rings. The highest BCUT2D eigenvalue weighted by Gasteiger charge is 2.07. The Morgan fingerprint density at radius 2 is 2.40 bits per heavy atom. The van der Waals surface area contributed by atoms with Gasteiger partial charge in [-0.1, -0.05) is 0 Å². The maximum atomic E-state index is 9.77. The van der Waals surface area contributed by atoms with E-state index >= 15 is 0 Å². The van der Waals surface area contributed by atoms with Crippen LogP contribution in [-0.4, -0.2) is 21.6 Å². The number of aliphatic hydroxyl groups is 1. The number of nitrogens with zero attached hydrogens (tertiary/aromatic N) is 2. The van der Waals surface area contributed by atoms with Crippen molar-refractivity contribution in [2.24, 2.45) is 0 Å². The van der Waals surface area contributed by atoms with Crippen LogP contribution in [0.2, 0.25) is 0 Å². The maximum absolute atomic E-state index is 9.77. The zero-order chi connectivity index (χ0) is 10.5. The van der Waals surface area contributed by atoms with Crippen LogP contribution in [-0.2, 0) is 0 Å². The summed E-state index contributed by atoms with van der Waals surface area (Å²) in [4.78, 5) is 7.81. The Labute approximate surface area is 91.6 Å². The number of rotatable bonds is 4. The van der Waals surface area contributed by atoms with Gasteiger partial charge in [-0.3, -0.25) is 0 Å². The monoisotopic (exact) mass is 221 g/mol. The van der Waals surface area contributed by atoms with Crippen LogP contribution in [0, 0.1) is 0 Å². The van der Waals surface area contributed by atoms with Gasteiger partial charge in [-0.25, -0.2) is 9.97 Å². The fourth-order valence-electron chi connectivity index (χ4n) is 1.18. The fourth-order valence-corrected chi connectivity index (χ4v) is 1.89. The van der Waals surface area contributed by atoms with E-state index in [-0.39, 0.29) is 0 Å². The van der Waals surface area contributed by atoms with E-state index in [2.05, 4.69) is 15.3 Å². The van der Waals surface area contributed by atoms with E-state index in [0.717, 1.165) is 11.4 Å². The summed E-state index contributed by atoms with van der Waals surface area (Å²) in [6, 6.07) is 3.68. The van der Waals surface area contributed by atoms with Crippen LogP contribution >= 0.6 is 11.3 Å². The van der Waals surface area contributed by atoms with Gasteiger partial charge < -0.3 is 10.4 Å². The van der Waals surface area contributed by atoms with Crippen molar-refractivity contribution >= 4 is 17.2 Å². The van der Waals surface area contributed by atoms with E-state index in [4.69, 9.17) is 0 Å².